The fraction of sp³-hybridized carbons (Fsp3) is 0.120. The zero-order valence-electron chi connectivity index (χ0n) is 17.9. The van der Waals surface area contributed by atoms with Gasteiger partial charge in [-0.3, -0.25) is 0 Å². The summed E-state index contributed by atoms with van der Waals surface area (Å²) >= 11 is 0. The van der Waals surface area contributed by atoms with Gasteiger partial charge in [0, 0.05) is 36.6 Å². The molecule has 1 N–H and O–H groups in total. The summed E-state index contributed by atoms with van der Waals surface area (Å²) in [6.45, 7) is 3.75. The van der Waals surface area contributed by atoms with Crippen LogP contribution in [0.3, 0.4) is 0 Å². The van der Waals surface area contributed by atoms with E-state index in [0.717, 1.165) is 33.7 Å². The minimum atomic E-state index is -0.282. The Balaban J connectivity index is 1.52. The third-order valence-electron chi connectivity index (χ3n) is 5.33. The van der Waals surface area contributed by atoms with Gasteiger partial charge in [0.25, 0.3) is 0 Å². The first-order valence-electron chi connectivity index (χ1n) is 10.1. The first-order chi connectivity index (χ1) is 15.5. The van der Waals surface area contributed by atoms with Crippen LogP contribution in [0.5, 0.6) is 5.75 Å². The molecule has 5 aromatic rings. The van der Waals surface area contributed by atoms with Gasteiger partial charge < -0.3 is 18.9 Å². The molecule has 3 heterocycles. The maximum absolute atomic E-state index is 13.8. The van der Waals surface area contributed by atoms with E-state index < -0.39 is 0 Å². The summed E-state index contributed by atoms with van der Waals surface area (Å²) < 4.78 is 27.0. The summed E-state index contributed by atoms with van der Waals surface area (Å²) in [7, 11) is 1.62. The molecule has 32 heavy (non-hydrogen) atoms. The van der Waals surface area contributed by atoms with E-state index in [0.29, 0.717) is 23.1 Å². The van der Waals surface area contributed by atoms with E-state index in [2.05, 4.69) is 10.3 Å². The highest BCUT2D eigenvalue weighted by Crippen LogP contribution is 2.34. The summed E-state index contributed by atoms with van der Waals surface area (Å²) in [5.41, 5.74) is 5.66. The molecule has 0 fully saturated rings. The van der Waals surface area contributed by atoms with Gasteiger partial charge in [0.2, 0.25) is 0 Å². The number of halogens is 1. The van der Waals surface area contributed by atoms with Crippen LogP contribution in [0.2, 0.25) is 0 Å². The van der Waals surface area contributed by atoms with Gasteiger partial charge in [-0.15, -0.1) is 0 Å². The molecule has 0 aliphatic rings. The first-order valence-corrected chi connectivity index (χ1v) is 10.1. The summed E-state index contributed by atoms with van der Waals surface area (Å²) in [5, 5.41) is 3.41. The van der Waals surface area contributed by atoms with Gasteiger partial charge in [0.1, 0.15) is 11.6 Å². The number of ether oxygens (including phenoxy) is 1. The lowest BCUT2D eigenvalue weighted by atomic mass is 10.1. The predicted octanol–water partition coefficient (Wildman–Crippen LogP) is 6.16. The number of pyridine rings is 1. The summed E-state index contributed by atoms with van der Waals surface area (Å²) in [6.07, 6.45) is 5.50. The number of hydrogen-bond donors (Lipinski definition) is 1. The van der Waals surface area contributed by atoms with Crippen molar-refractivity contribution in [2.45, 2.75) is 13.8 Å². The monoisotopic (exact) mass is 428 g/mol. The number of rotatable bonds is 5. The van der Waals surface area contributed by atoms with E-state index >= 15 is 0 Å². The average Bonchev–Trinajstić information content (AvgIpc) is 3.42. The Bertz CT molecular complexity index is 1440. The van der Waals surface area contributed by atoms with Crippen molar-refractivity contribution in [3.8, 4) is 28.3 Å². The molecule has 3 aromatic heterocycles. The van der Waals surface area contributed by atoms with Gasteiger partial charge in [-0.05, 0) is 48.9 Å². The largest absolute Gasteiger partial charge is 0.496 e. The van der Waals surface area contributed by atoms with Gasteiger partial charge in [0.05, 0.1) is 30.3 Å². The van der Waals surface area contributed by atoms with E-state index in [-0.39, 0.29) is 5.82 Å². The van der Waals surface area contributed by atoms with Gasteiger partial charge in [0.15, 0.2) is 17.3 Å². The van der Waals surface area contributed by atoms with E-state index in [1.165, 1.54) is 12.1 Å². The summed E-state index contributed by atoms with van der Waals surface area (Å²) in [6, 6.07) is 14.4. The van der Waals surface area contributed by atoms with Crippen LogP contribution in [0.1, 0.15) is 11.5 Å². The third kappa shape index (κ3) is 3.58. The van der Waals surface area contributed by atoms with Crippen molar-refractivity contribution in [3.05, 3.63) is 84.4 Å². The van der Waals surface area contributed by atoms with Crippen LogP contribution in [0.15, 0.2) is 71.5 Å². The number of fused-ring (bicyclic) bond motifs is 1. The number of methoxy groups -OCH3 is 1. The number of aromatic nitrogens is 3. The van der Waals surface area contributed by atoms with E-state index in [1.54, 1.807) is 26.3 Å². The zero-order valence-corrected chi connectivity index (χ0v) is 17.9. The highest BCUT2D eigenvalue weighted by atomic mass is 19.1. The van der Waals surface area contributed by atoms with Crippen LogP contribution in [-0.2, 0) is 0 Å². The fourth-order valence-corrected chi connectivity index (χ4v) is 3.72. The molecule has 6 nitrogen and oxygen atoms in total. The SMILES string of the molecule is COc1cc(Nc2cccn3cc(-c4cc(F)ccc4C)nc23)ccc1-c1cnc(C)o1. The van der Waals surface area contributed by atoms with E-state index in [9.17, 15) is 4.39 Å². The molecule has 0 radical (unpaired) electrons. The number of aryl methyl sites for hydroxylation is 2. The Morgan fingerprint density at radius 3 is 2.72 bits per heavy atom. The topological polar surface area (TPSA) is 64.6 Å². The van der Waals surface area contributed by atoms with Crippen molar-refractivity contribution in [1.29, 1.82) is 0 Å². The summed E-state index contributed by atoms with van der Waals surface area (Å²) in [5.74, 6) is 1.63. The quantitative estimate of drug-likeness (QED) is 0.363. The third-order valence-corrected chi connectivity index (χ3v) is 5.33. The number of imidazole rings is 1. The fourth-order valence-electron chi connectivity index (χ4n) is 3.72. The van der Waals surface area contributed by atoms with Crippen molar-refractivity contribution >= 4 is 17.0 Å². The maximum Gasteiger partial charge on any atom is 0.191 e. The van der Waals surface area contributed by atoms with Crippen LogP contribution in [-0.4, -0.2) is 21.5 Å². The highest BCUT2D eigenvalue weighted by molar-refractivity contribution is 5.79. The van der Waals surface area contributed by atoms with Gasteiger partial charge in [-0.1, -0.05) is 6.07 Å². The molecule has 0 atom stereocenters. The number of nitrogens with zero attached hydrogens (tertiary/aromatic N) is 3. The Hall–Kier alpha value is -4.13. The highest BCUT2D eigenvalue weighted by Gasteiger charge is 2.14. The predicted molar refractivity (Wildman–Crippen MR) is 122 cm³/mol. The smallest absolute Gasteiger partial charge is 0.191 e. The second-order valence-corrected chi connectivity index (χ2v) is 7.52. The van der Waals surface area contributed by atoms with E-state index in [1.807, 2.05) is 54.0 Å². The zero-order chi connectivity index (χ0) is 22.2. The van der Waals surface area contributed by atoms with Crippen molar-refractivity contribution < 1.29 is 13.5 Å². The minimum absolute atomic E-state index is 0.282. The standard InChI is InChI=1S/C25H21FN4O2/c1-15-6-7-17(26)11-20(15)22-14-30-10-4-5-21(25(30)29-22)28-18-8-9-19(23(12-18)31-3)24-13-27-16(2)32-24/h4-14,28H,1-3H3. The van der Waals surface area contributed by atoms with Crippen LogP contribution in [0.4, 0.5) is 15.8 Å². The number of benzene rings is 2. The number of anilines is 2. The molecule has 0 aliphatic carbocycles. The Kier molecular flexibility index (Phi) is 4.86. The normalized spacial score (nSPS) is 11.1. The molecule has 160 valence electrons. The number of oxazole rings is 1. The van der Waals surface area contributed by atoms with Crippen LogP contribution >= 0.6 is 0 Å². The lowest BCUT2D eigenvalue weighted by Crippen LogP contribution is -1.96. The molecule has 0 bridgehead atoms. The molecule has 0 saturated heterocycles. The molecule has 2 aromatic carbocycles. The summed E-state index contributed by atoms with van der Waals surface area (Å²) in [4.78, 5) is 8.93. The Morgan fingerprint density at radius 2 is 1.94 bits per heavy atom. The van der Waals surface area contributed by atoms with Crippen molar-refractivity contribution in [2.75, 3.05) is 12.4 Å². The molecular formula is C25H21FN4O2. The molecule has 7 heteroatoms. The Labute approximate surface area is 184 Å². The van der Waals surface area contributed by atoms with Crippen molar-refractivity contribution in [1.82, 2.24) is 14.4 Å². The van der Waals surface area contributed by atoms with Gasteiger partial charge in [-0.2, -0.15) is 0 Å². The van der Waals surface area contributed by atoms with Crippen molar-refractivity contribution in [2.24, 2.45) is 0 Å². The second kappa shape index (κ2) is 7.85. The van der Waals surface area contributed by atoms with E-state index in [4.69, 9.17) is 14.1 Å². The average molecular weight is 428 g/mol. The minimum Gasteiger partial charge on any atom is -0.496 e. The Morgan fingerprint density at radius 1 is 1.06 bits per heavy atom. The second-order valence-electron chi connectivity index (χ2n) is 7.52. The van der Waals surface area contributed by atoms with Crippen LogP contribution in [0.25, 0.3) is 28.2 Å². The molecular weight excluding hydrogens is 407 g/mol. The molecule has 0 unspecified atom stereocenters. The molecule has 0 saturated carbocycles. The van der Waals surface area contributed by atoms with Crippen LogP contribution in [0, 0.1) is 19.7 Å². The van der Waals surface area contributed by atoms with Crippen molar-refractivity contribution in [3.63, 3.8) is 0 Å². The molecule has 5 rings (SSSR count). The lowest BCUT2D eigenvalue weighted by molar-refractivity contribution is 0.414. The van der Waals surface area contributed by atoms with Gasteiger partial charge in [-0.25, -0.2) is 14.4 Å². The lowest BCUT2D eigenvalue weighted by Gasteiger charge is -2.11. The van der Waals surface area contributed by atoms with Gasteiger partial charge >= 0.3 is 0 Å². The van der Waals surface area contributed by atoms with Crippen LogP contribution < -0.4 is 10.1 Å². The first kappa shape index (κ1) is 19.8. The number of hydrogen-bond acceptors (Lipinski definition) is 5. The molecule has 0 spiro atoms. The molecule has 0 amide bonds. The number of nitrogens with one attached hydrogen (secondary N) is 1. The molecule has 0 aliphatic heterocycles. The maximum atomic E-state index is 13.8.